The van der Waals surface area contributed by atoms with Gasteiger partial charge in [0, 0.05) is 44.3 Å². The highest BCUT2D eigenvalue weighted by Gasteiger charge is 2.16. The Kier molecular flexibility index (Phi) is 7.48. The number of nitrogens with one attached hydrogen (secondary N) is 2. The number of anilines is 1. The number of amides is 1. The molecule has 0 radical (unpaired) electrons. The summed E-state index contributed by atoms with van der Waals surface area (Å²) in [6.45, 7) is 6.27. The summed E-state index contributed by atoms with van der Waals surface area (Å²) in [6, 6.07) is 9.43. The maximum absolute atomic E-state index is 11.9. The number of β-amino-alcohol motifs (C(OH)–C–C–N with tert-alkyl or cyclic N) is 1. The zero-order valence-corrected chi connectivity index (χ0v) is 13.7. The van der Waals surface area contributed by atoms with Gasteiger partial charge >= 0.3 is 0 Å². The van der Waals surface area contributed by atoms with Gasteiger partial charge in [-0.3, -0.25) is 9.69 Å². The molecule has 1 aromatic carbocycles. The van der Waals surface area contributed by atoms with Gasteiger partial charge in [-0.25, -0.2) is 0 Å². The highest BCUT2D eigenvalue weighted by molar-refractivity contribution is 5.90. The van der Waals surface area contributed by atoms with E-state index in [0.29, 0.717) is 19.5 Å². The van der Waals surface area contributed by atoms with Crippen molar-refractivity contribution in [3.8, 4) is 0 Å². The maximum Gasteiger partial charge on any atom is 0.225 e. The number of benzene rings is 1. The molecule has 0 unspecified atom stereocenters. The maximum atomic E-state index is 11.9. The molecule has 1 amide bonds. The Morgan fingerprint density at radius 1 is 1.30 bits per heavy atom. The number of hydrogen-bond acceptors (Lipinski definition) is 5. The first-order chi connectivity index (χ1) is 11.1. The normalized spacial score (nSPS) is 18.3. The molecule has 23 heavy (non-hydrogen) atoms. The van der Waals surface area contributed by atoms with E-state index >= 15 is 0 Å². The first-order valence-electron chi connectivity index (χ1n) is 8.20. The Bertz CT molecular complexity index is 463. The summed E-state index contributed by atoms with van der Waals surface area (Å²) in [5.74, 6) is -0.0288. The fraction of sp³-hybridized carbons (Fsp3) is 0.588. The lowest BCUT2D eigenvalue weighted by Gasteiger charge is -2.29. The fourth-order valence-electron chi connectivity index (χ4n) is 2.57. The molecule has 1 aromatic rings. The van der Waals surface area contributed by atoms with Crippen molar-refractivity contribution >= 4 is 11.6 Å². The average molecular weight is 321 g/mol. The quantitative estimate of drug-likeness (QED) is 0.657. The monoisotopic (exact) mass is 321 g/mol. The van der Waals surface area contributed by atoms with E-state index in [1.165, 1.54) is 0 Å². The number of rotatable bonds is 8. The molecule has 6 nitrogen and oxygen atoms in total. The van der Waals surface area contributed by atoms with Crippen molar-refractivity contribution in [3.05, 3.63) is 30.3 Å². The van der Waals surface area contributed by atoms with E-state index in [0.717, 1.165) is 32.0 Å². The zero-order valence-electron chi connectivity index (χ0n) is 13.7. The van der Waals surface area contributed by atoms with Gasteiger partial charge in [0.2, 0.25) is 5.91 Å². The van der Waals surface area contributed by atoms with Crippen LogP contribution < -0.4 is 10.6 Å². The molecule has 0 bridgehead atoms. The van der Waals surface area contributed by atoms with Crippen molar-refractivity contribution in [2.24, 2.45) is 0 Å². The molecule has 2 rings (SSSR count). The van der Waals surface area contributed by atoms with E-state index in [1.807, 2.05) is 37.3 Å². The number of aliphatic hydroxyl groups excluding tert-OH is 1. The molecule has 128 valence electrons. The molecule has 3 N–H and O–H groups in total. The number of nitrogens with zero attached hydrogens (tertiary/aromatic N) is 1. The van der Waals surface area contributed by atoms with Crippen LogP contribution in [0.25, 0.3) is 0 Å². The van der Waals surface area contributed by atoms with Crippen molar-refractivity contribution in [2.75, 3.05) is 44.7 Å². The summed E-state index contributed by atoms with van der Waals surface area (Å²) in [4.78, 5) is 14.1. The number of morpholine rings is 1. The summed E-state index contributed by atoms with van der Waals surface area (Å²) >= 11 is 0. The van der Waals surface area contributed by atoms with Crippen LogP contribution in [0.3, 0.4) is 0 Å². The lowest BCUT2D eigenvalue weighted by atomic mass is 10.2. The minimum Gasteiger partial charge on any atom is -0.390 e. The van der Waals surface area contributed by atoms with Gasteiger partial charge < -0.3 is 20.5 Å². The van der Waals surface area contributed by atoms with E-state index in [2.05, 4.69) is 15.5 Å². The van der Waals surface area contributed by atoms with Crippen molar-refractivity contribution in [1.82, 2.24) is 10.2 Å². The topological polar surface area (TPSA) is 73.8 Å². The van der Waals surface area contributed by atoms with Crippen molar-refractivity contribution in [2.45, 2.75) is 25.5 Å². The predicted octanol–water partition coefficient (Wildman–Crippen LogP) is 0.686. The van der Waals surface area contributed by atoms with Gasteiger partial charge in [0.1, 0.15) is 0 Å². The Morgan fingerprint density at radius 3 is 2.70 bits per heavy atom. The van der Waals surface area contributed by atoms with Crippen molar-refractivity contribution in [3.63, 3.8) is 0 Å². The number of ether oxygens (including phenoxy) is 1. The summed E-state index contributed by atoms with van der Waals surface area (Å²) < 4.78 is 5.29. The minimum atomic E-state index is -0.437. The van der Waals surface area contributed by atoms with Crippen LogP contribution in [0.5, 0.6) is 0 Å². The fourth-order valence-corrected chi connectivity index (χ4v) is 2.57. The van der Waals surface area contributed by atoms with E-state index in [4.69, 9.17) is 4.74 Å². The number of carbonyl (C=O) groups is 1. The second-order valence-electron chi connectivity index (χ2n) is 5.99. The molecule has 6 heteroatoms. The zero-order chi connectivity index (χ0) is 16.5. The van der Waals surface area contributed by atoms with Gasteiger partial charge in [0.15, 0.2) is 0 Å². The SMILES string of the molecule is C[C@H](CC(=O)Nc1ccccc1)NC[C@H](O)CN1CCOCC1. The van der Waals surface area contributed by atoms with Crippen molar-refractivity contribution < 1.29 is 14.6 Å². The number of carbonyl (C=O) groups excluding carboxylic acids is 1. The van der Waals surface area contributed by atoms with Gasteiger partial charge in [-0.05, 0) is 19.1 Å². The smallest absolute Gasteiger partial charge is 0.225 e. The van der Waals surface area contributed by atoms with Gasteiger partial charge in [-0.1, -0.05) is 18.2 Å². The summed E-state index contributed by atoms with van der Waals surface area (Å²) in [6.07, 6.45) is -0.0631. The molecule has 0 aliphatic carbocycles. The lowest BCUT2D eigenvalue weighted by Crippen LogP contribution is -2.45. The molecule has 1 heterocycles. The molecule has 1 aliphatic heterocycles. The first kappa shape index (κ1) is 17.9. The second-order valence-corrected chi connectivity index (χ2v) is 5.99. The van der Waals surface area contributed by atoms with E-state index in [9.17, 15) is 9.90 Å². The van der Waals surface area contributed by atoms with Crippen LogP contribution >= 0.6 is 0 Å². The minimum absolute atomic E-state index is 0.0121. The van der Waals surface area contributed by atoms with Crippen LogP contribution in [0.1, 0.15) is 13.3 Å². The third-order valence-corrected chi connectivity index (χ3v) is 3.82. The molecule has 1 saturated heterocycles. The Balaban J connectivity index is 1.61. The molecule has 1 aliphatic rings. The number of aliphatic hydroxyl groups is 1. The van der Waals surface area contributed by atoms with Crippen LogP contribution in [0.2, 0.25) is 0 Å². The second kappa shape index (κ2) is 9.62. The molecular formula is C17H27N3O3. The average Bonchev–Trinajstić information content (AvgIpc) is 2.55. The third-order valence-electron chi connectivity index (χ3n) is 3.82. The Morgan fingerprint density at radius 2 is 2.00 bits per heavy atom. The van der Waals surface area contributed by atoms with Crippen LogP contribution in [0.15, 0.2) is 30.3 Å². The number of para-hydroxylation sites is 1. The molecule has 0 spiro atoms. The van der Waals surface area contributed by atoms with E-state index < -0.39 is 6.10 Å². The standard InChI is InChI=1S/C17H27N3O3/c1-14(11-17(22)19-15-5-3-2-4-6-15)18-12-16(21)13-20-7-9-23-10-8-20/h2-6,14,16,18,21H,7-13H2,1H3,(H,19,22)/t14-,16+/m1/s1. The lowest BCUT2D eigenvalue weighted by molar-refractivity contribution is -0.116. The van der Waals surface area contributed by atoms with Crippen LogP contribution in [0, 0.1) is 0 Å². The van der Waals surface area contributed by atoms with E-state index in [1.54, 1.807) is 0 Å². The van der Waals surface area contributed by atoms with E-state index in [-0.39, 0.29) is 11.9 Å². The highest BCUT2D eigenvalue weighted by Crippen LogP contribution is 2.06. The molecule has 0 aromatic heterocycles. The van der Waals surface area contributed by atoms with Crippen LogP contribution in [0.4, 0.5) is 5.69 Å². The van der Waals surface area contributed by atoms with Gasteiger partial charge in [-0.15, -0.1) is 0 Å². The van der Waals surface area contributed by atoms with Crippen molar-refractivity contribution in [1.29, 1.82) is 0 Å². The molecular weight excluding hydrogens is 294 g/mol. The number of hydrogen-bond donors (Lipinski definition) is 3. The first-order valence-corrected chi connectivity index (χ1v) is 8.20. The summed E-state index contributed by atoms with van der Waals surface area (Å²) in [5.41, 5.74) is 0.803. The summed E-state index contributed by atoms with van der Waals surface area (Å²) in [5, 5.41) is 16.2. The van der Waals surface area contributed by atoms with Gasteiger partial charge in [0.05, 0.1) is 19.3 Å². The Hall–Kier alpha value is -1.47. The third kappa shape index (κ3) is 7.09. The highest BCUT2D eigenvalue weighted by atomic mass is 16.5. The van der Waals surface area contributed by atoms with Gasteiger partial charge in [-0.2, -0.15) is 0 Å². The molecule has 0 saturated carbocycles. The van der Waals surface area contributed by atoms with Gasteiger partial charge in [0.25, 0.3) is 0 Å². The molecule has 2 atom stereocenters. The predicted molar refractivity (Wildman–Crippen MR) is 90.4 cm³/mol. The summed E-state index contributed by atoms with van der Waals surface area (Å²) in [7, 11) is 0. The Labute approximate surface area is 137 Å². The largest absolute Gasteiger partial charge is 0.390 e. The van der Waals surface area contributed by atoms with Crippen LogP contribution in [-0.2, 0) is 9.53 Å². The van der Waals surface area contributed by atoms with Crippen LogP contribution in [-0.4, -0.2) is 67.5 Å². The molecule has 1 fully saturated rings.